The summed E-state index contributed by atoms with van der Waals surface area (Å²) in [4.78, 5) is 19.0. The third-order valence-corrected chi connectivity index (χ3v) is 3.94. The molecule has 20 heavy (non-hydrogen) atoms. The molecule has 1 saturated heterocycles. The van der Waals surface area contributed by atoms with Gasteiger partial charge in [-0.2, -0.15) is 0 Å². The van der Waals surface area contributed by atoms with Gasteiger partial charge < -0.3 is 10.2 Å². The number of hydrogen-bond donors (Lipinski definition) is 1. The van der Waals surface area contributed by atoms with Crippen LogP contribution in [-0.4, -0.2) is 42.5 Å². The van der Waals surface area contributed by atoms with Crippen LogP contribution in [0.15, 0.2) is 36.5 Å². The Hall–Kier alpha value is -1.94. The minimum atomic E-state index is 0.127. The van der Waals surface area contributed by atoms with Crippen LogP contribution < -0.4 is 5.32 Å². The first-order chi connectivity index (χ1) is 9.79. The van der Waals surface area contributed by atoms with Gasteiger partial charge in [0.25, 0.3) is 5.91 Å². The Balaban J connectivity index is 1.86. The predicted octanol–water partition coefficient (Wildman–Crippen LogP) is 1.92. The number of carbonyl (C=O) groups is 1. The van der Waals surface area contributed by atoms with Crippen LogP contribution >= 0.6 is 0 Å². The normalized spacial score (nSPS) is 18.6. The maximum Gasteiger partial charge on any atom is 0.254 e. The fourth-order valence-corrected chi connectivity index (χ4v) is 2.93. The molecule has 0 unspecified atom stereocenters. The van der Waals surface area contributed by atoms with E-state index in [-0.39, 0.29) is 5.91 Å². The summed E-state index contributed by atoms with van der Waals surface area (Å²) >= 11 is 0. The maximum absolute atomic E-state index is 12.7. The Morgan fingerprint density at radius 2 is 2.30 bits per heavy atom. The molecule has 4 heteroatoms. The third-order valence-electron chi connectivity index (χ3n) is 3.94. The molecule has 3 rings (SSSR count). The fourth-order valence-electron chi connectivity index (χ4n) is 2.93. The molecule has 0 radical (unpaired) electrons. The van der Waals surface area contributed by atoms with E-state index in [1.807, 2.05) is 42.3 Å². The quantitative estimate of drug-likeness (QED) is 0.926. The standard InChI is InChI=1S/C16H19N3O/c1-17-10-12-7-9-19(11-12)16(20)14-4-2-6-15-13(14)5-3-8-18-15/h2-6,8,12,17H,7,9-11H2,1H3/t12-/m1/s1. The van der Waals surface area contributed by atoms with E-state index >= 15 is 0 Å². The van der Waals surface area contributed by atoms with E-state index < -0.39 is 0 Å². The van der Waals surface area contributed by atoms with E-state index in [0.29, 0.717) is 5.92 Å². The van der Waals surface area contributed by atoms with Gasteiger partial charge in [0, 0.05) is 30.2 Å². The van der Waals surface area contributed by atoms with Gasteiger partial charge in [-0.05, 0) is 44.1 Å². The Morgan fingerprint density at radius 1 is 1.40 bits per heavy atom. The lowest BCUT2D eigenvalue weighted by molar-refractivity contribution is 0.0789. The van der Waals surface area contributed by atoms with Crippen LogP contribution in [0.3, 0.4) is 0 Å². The number of benzene rings is 1. The van der Waals surface area contributed by atoms with E-state index in [1.54, 1.807) is 6.20 Å². The summed E-state index contributed by atoms with van der Waals surface area (Å²) in [7, 11) is 1.96. The molecule has 0 aliphatic carbocycles. The second kappa shape index (κ2) is 5.59. The number of nitrogens with zero attached hydrogens (tertiary/aromatic N) is 2. The number of fused-ring (bicyclic) bond motifs is 1. The largest absolute Gasteiger partial charge is 0.338 e. The van der Waals surface area contributed by atoms with Crippen LogP contribution in [0, 0.1) is 5.92 Å². The average Bonchev–Trinajstić information content (AvgIpc) is 2.95. The molecule has 2 heterocycles. The third kappa shape index (κ3) is 2.39. The number of pyridine rings is 1. The summed E-state index contributed by atoms with van der Waals surface area (Å²) in [6.45, 7) is 2.67. The van der Waals surface area contributed by atoms with Gasteiger partial charge in [-0.3, -0.25) is 9.78 Å². The molecule has 1 aromatic heterocycles. The molecule has 1 aromatic carbocycles. The molecule has 2 aromatic rings. The smallest absolute Gasteiger partial charge is 0.254 e. The van der Waals surface area contributed by atoms with Crippen molar-refractivity contribution in [3.8, 4) is 0 Å². The Morgan fingerprint density at radius 3 is 3.15 bits per heavy atom. The van der Waals surface area contributed by atoms with Crippen LogP contribution in [0.25, 0.3) is 10.9 Å². The van der Waals surface area contributed by atoms with Crippen molar-refractivity contribution in [1.82, 2.24) is 15.2 Å². The number of amides is 1. The molecule has 4 nitrogen and oxygen atoms in total. The van der Waals surface area contributed by atoms with Gasteiger partial charge in [-0.25, -0.2) is 0 Å². The maximum atomic E-state index is 12.7. The zero-order valence-corrected chi connectivity index (χ0v) is 11.7. The second-order valence-corrected chi connectivity index (χ2v) is 5.34. The van der Waals surface area contributed by atoms with Crippen molar-refractivity contribution >= 4 is 16.8 Å². The highest BCUT2D eigenvalue weighted by atomic mass is 16.2. The number of carbonyl (C=O) groups excluding carboxylic acids is 1. The molecule has 1 fully saturated rings. The summed E-state index contributed by atoms with van der Waals surface area (Å²) in [6.07, 6.45) is 2.84. The Labute approximate surface area is 118 Å². The molecule has 1 atom stereocenters. The molecular formula is C16H19N3O. The van der Waals surface area contributed by atoms with E-state index in [4.69, 9.17) is 0 Å². The summed E-state index contributed by atoms with van der Waals surface area (Å²) in [5, 5.41) is 4.13. The number of aromatic nitrogens is 1. The Bertz CT molecular complexity index is 621. The minimum Gasteiger partial charge on any atom is -0.338 e. The van der Waals surface area contributed by atoms with Gasteiger partial charge in [0.05, 0.1) is 5.52 Å². The zero-order valence-electron chi connectivity index (χ0n) is 11.7. The topological polar surface area (TPSA) is 45.2 Å². The minimum absolute atomic E-state index is 0.127. The lowest BCUT2D eigenvalue weighted by Gasteiger charge is -2.17. The molecule has 1 N–H and O–H groups in total. The van der Waals surface area contributed by atoms with Crippen LogP contribution in [-0.2, 0) is 0 Å². The van der Waals surface area contributed by atoms with Crippen LogP contribution in [0.5, 0.6) is 0 Å². The van der Waals surface area contributed by atoms with E-state index in [2.05, 4.69) is 10.3 Å². The van der Waals surface area contributed by atoms with Crippen molar-refractivity contribution < 1.29 is 4.79 Å². The first-order valence-corrected chi connectivity index (χ1v) is 7.07. The first-order valence-electron chi connectivity index (χ1n) is 7.07. The van der Waals surface area contributed by atoms with Gasteiger partial charge in [-0.1, -0.05) is 12.1 Å². The van der Waals surface area contributed by atoms with E-state index in [0.717, 1.165) is 42.5 Å². The lowest BCUT2D eigenvalue weighted by atomic mass is 10.1. The van der Waals surface area contributed by atoms with Gasteiger partial charge in [0.2, 0.25) is 0 Å². The highest BCUT2D eigenvalue weighted by molar-refractivity contribution is 6.06. The van der Waals surface area contributed by atoms with Gasteiger partial charge >= 0.3 is 0 Å². The summed E-state index contributed by atoms with van der Waals surface area (Å²) in [6, 6.07) is 9.60. The van der Waals surface area contributed by atoms with Crippen molar-refractivity contribution in [3.63, 3.8) is 0 Å². The van der Waals surface area contributed by atoms with Crippen LogP contribution in [0.2, 0.25) is 0 Å². The lowest BCUT2D eigenvalue weighted by Crippen LogP contribution is -2.30. The van der Waals surface area contributed by atoms with Crippen molar-refractivity contribution in [2.45, 2.75) is 6.42 Å². The average molecular weight is 269 g/mol. The molecular weight excluding hydrogens is 250 g/mol. The van der Waals surface area contributed by atoms with Gasteiger partial charge in [0.1, 0.15) is 0 Å². The predicted molar refractivity (Wildman–Crippen MR) is 79.7 cm³/mol. The van der Waals surface area contributed by atoms with Gasteiger partial charge in [0.15, 0.2) is 0 Å². The summed E-state index contributed by atoms with van der Waals surface area (Å²) in [5.41, 5.74) is 1.64. The van der Waals surface area contributed by atoms with Crippen molar-refractivity contribution in [2.24, 2.45) is 5.92 Å². The molecule has 1 aliphatic heterocycles. The van der Waals surface area contributed by atoms with E-state index in [1.165, 1.54) is 0 Å². The fraction of sp³-hybridized carbons (Fsp3) is 0.375. The number of hydrogen-bond acceptors (Lipinski definition) is 3. The second-order valence-electron chi connectivity index (χ2n) is 5.34. The van der Waals surface area contributed by atoms with Crippen molar-refractivity contribution in [2.75, 3.05) is 26.7 Å². The molecule has 0 bridgehead atoms. The zero-order chi connectivity index (χ0) is 13.9. The molecule has 0 spiro atoms. The van der Waals surface area contributed by atoms with Crippen molar-refractivity contribution in [3.05, 3.63) is 42.1 Å². The molecule has 1 amide bonds. The SMILES string of the molecule is CNC[C@H]1CCN(C(=O)c2cccc3ncccc23)C1. The number of likely N-dealkylation sites (tertiary alicyclic amines) is 1. The number of nitrogens with one attached hydrogen (secondary N) is 1. The monoisotopic (exact) mass is 269 g/mol. The highest BCUT2D eigenvalue weighted by Gasteiger charge is 2.27. The van der Waals surface area contributed by atoms with E-state index in [9.17, 15) is 4.79 Å². The van der Waals surface area contributed by atoms with Crippen molar-refractivity contribution in [1.29, 1.82) is 0 Å². The summed E-state index contributed by atoms with van der Waals surface area (Å²) < 4.78 is 0. The highest BCUT2D eigenvalue weighted by Crippen LogP contribution is 2.22. The first kappa shape index (κ1) is 13.1. The van der Waals surface area contributed by atoms with Crippen LogP contribution in [0.1, 0.15) is 16.8 Å². The molecule has 1 aliphatic rings. The number of rotatable bonds is 3. The molecule has 0 saturated carbocycles. The summed E-state index contributed by atoms with van der Waals surface area (Å²) in [5.74, 6) is 0.694. The molecule has 104 valence electrons. The van der Waals surface area contributed by atoms with Gasteiger partial charge in [-0.15, -0.1) is 0 Å². The Kier molecular flexibility index (Phi) is 3.65. The van der Waals surface area contributed by atoms with Crippen LogP contribution in [0.4, 0.5) is 0 Å².